The van der Waals surface area contributed by atoms with Gasteiger partial charge in [-0.05, 0) is 31.7 Å². The van der Waals surface area contributed by atoms with Gasteiger partial charge in [-0.25, -0.2) is 0 Å². The molecular weight excluding hydrogens is 262 g/mol. The summed E-state index contributed by atoms with van der Waals surface area (Å²) in [6.45, 7) is 4.04. The Morgan fingerprint density at radius 3 is 2.57 bits per heavy atom. The van der Waals surface area contributed by atoms with Crippen LogP contribution in [0.1, 0.15) is 19.8 Å². The van der Waals surface area contributed by atoms with E-state index >= 15 is 0 Å². The van der Waals surface area contributed by atoms with Crippen LogP contribution in [-0.4, -0.2) is 23.7 Å². The Hall–Kier alpha value is -1.81. The van der Waals surface area contributed by atoms with Gasteiger partial charge in [0, 0.05) is 37.6 Å². The van der Waals surface area contributed by atoms with Crippen LogP contribution in [0.15, 0.2) is 35.1 Å². The number of benzene rings is 1. The molecule has 1 aliphatic heterocycles. The third-order valence-electron chi connectivity index (χ3n) is 4.76. The van der Waals surface area contributed by atoms with Crippen molar-refractivity contribution in [1.29, 1.82) is 0 Å². The number of piperidine rings is 1. The molecule has 0 amide bonds. The number of para-hydroxylation sites is 1. The van der Waals surface area contributed by atoms with Gasteiger partial charge in [0.25, 0.3) is 5.56 Å². The van der Waals surface area contributed by atoms with Gasteiger partial charge in [-0.15, -0.1) is 0 Å². The first-order valence-corrected chi connectivity index (χ1v) is 7.67. The van der Waals surface area contributed by atoms with Crippen molar-refractivity contribution >= 4 is 16.6 Å². The normalized spacial score (nSPS) is 18.1. The van der Waals surface area contributed by atoms with Crippen LogP contribution in [0.3, 0.4) is 0 Å². The lowest BCUT2D eigenvalue weighted by molar-refractivity contribution is 0.355. The van der Waals surface area contributed by atoms with Gasteiger partial charge in [0.1, 0.15) is 0 Å². The molecule has 1 fully saturated rings. The van der Waals surface area contributed by atoms with E-state index in [2.05, 4.69) is 17.9 Å². The molecule has 0 aliphatic carbocycles. The van der Waals surface area contributed by atoms with Gasteiger partial charge in [-0.2, -0.15) is 0 Å². The number of aromatic nitrogens is 1. The Kier molecular flexibility index (Phi) is 3.72. The largest absolute Gasteiger partial charge is 0.371 e. The van der Waals surface area contributed by atoms with Crippen LogP contribution < -0.4 is 16.2 Å². The van der Waals surface area contributed by atoms with Crippen LogP contribution >= 0.6 is 0 Å². The maximum absolute atomic E-state index is 12.2. The molecule has 1 aromatic carbocycles. The number of nitrogens with zero attached hydrogens (tertiary/aromatic N) is 2. The summed E-state index contributed by atoms with van der Waals surface area (Å²) < 4.78 is 1.72. The molecule has 2 N–H and O–H groups in total. The highest BCUT2D eigenvalue weighted by molar-refractivity contribution is 5.91. The van der Waals surface area contributed by atoms with Crippen molar-refractivity contribution < 1.29 is 0 Å². The van der Waals surface area contributed by atoms with Crippen LogP contribution in [0.25, 0.3) is 10.9 Å². The van der Waals surface area contributed by atoms with Gasteiger partial charge in [0.2, 0.25) is 0 Å². The first-order valence-electron chi connectivity index (χ1n) is 7.67. The fourth-order valence-corrected chi connectivity index (χ4v) is 3.32. The van der Waals surface area contributed by atoms with Crippen molar-refractivity contribution in [2.24, 2.45) is 18.7 Å². The highest BCUT2D eigenvalue weighted by atomic mass is 16.1. The molecule has 4 heteroatoms. The SMILES string of the molecule is CC(N)C1CCN(c2cc(=O)n(C)c3ccccc23)CC1. The Morgan fingerprint density at radius 1 is 1.24 bits per heavy atom. The molecular formula is C17H23N3O. The third kappa shape index (κ3) is 2.56. The Labute approximate surface area is 125 Å². The summed E-state index contributed by atoms with van der Waals surface area (Å²) in [6.07, 6.45) is 2.20. The molecule has 0 bridgehead atoms. The number of rotatable bonds is 2. The molecule has 1 unspecified atom stereocenters. The molecule has 1 aliphatic rings. The van der Waals surface area contributed by atoms with Gasteiger partial charge in [-0.3, -0.25) is 4.79 Å². The van der Waals surface area contributed by atoms with E-state index in [0.717, 1.165) is 42.5 Å². The second-order valence-corrected chi connectivity index (χ2v) is 6.13. The molecule has 0 saturated carbocycles. The maximum atomic E-state index is 12.2. The summed E-state index contributed by atoms with van der Waals surface area (Å²) >= 11 is 0. The minimum atomic E-state index is 0.0537. The summed E-state index contributed by atoms with van der Waals surface area (Å²) in [7, 11) is 1.83. The van der Waals surface area contributed by atoms with E-state index in [9.17, 15) is 4.79 Å². The quantitative estimate of drug-likeness (QED) is 0.919. The fourth-order valence-electron chi connectivity index (χ4n) is 3.32. The van der Waals surface area contributed by atoms with Crippen molar-refractivity contribution in [2.45, 2.75) is 25.8 Å². The summed E-state index contributed by atoms with van der Waals surface area (Å²) in [5.74, 6) is 0.596. The van der Waals surface area contributed by atoms with E-state index in [4.69, 9.17) is 5.73 Å². The van der Waals surface area contributed by atoms with Gasteiger partial charge >= 0.3 is 0 Å². The Bertz CT molecular complexity index is 697. The van der Waals surface area contributed by atoms with Gasteiger partial charge in [0.05, 0.1) is 11.2 Å². The molecule has 3 rings (SSSR count). The van der Waals surface area contributed by atoms with Gasteiger partial charge < -0.3 is 15.2 Å². The molecule has 1 saturated heterocycles. The predicted molar refractivity (Wildman–Crippen MR) is 87.8 cm³/mol. The number of anilines is 1. The van der Waals surface area contributed by atoms with E-state index < -0.39 is 0 Å². The molecule has 2 aromatic rings. The minimum Gasteiger partial charge on any atom is -0.371 e. The number of nitrogens with two attached hydrogens (primary N) is 1. The fraction of sp³-hybridized carbons (Fsp3) is 0.471. The van der Waals surface area contributed by atoms with Crippen LogP contribution in [0.4, 0.5) is 5.69 Å². The van der Waals surface area contributed by atoms with Crippen molar-refractivity contribution in [1.82, 2.24) is 4.57 Å². The van der Waals surface area contributed by atoms with Crippen molar-refractivity contribution in [2.75, 3.05) is 18.0 Å². The lowest BCUT2D eigenvalue weighted by Gasteiger charge is -2.35. The minimum absolute atomic E-state index is 0.0537. The van der Waals surface area contributed by atoms with Crippen molar-refractivity contribution in [3.05, 3.63) is 40.7 Å². The van der Waals surface area contributed by atoms with Crippen LogP contribution in [0.5, 0.6) is 0 Å². The number of hydrogen-bond acceptors (Lipinski definition) is 3. The van der Waals surface area contributed by atoms with E-state index in [1.807, 2.05) is 25.2 Å². The standard InChI is InChI=1S/C17H23N3O/c1-12(18)13-7-9-20(10-8-13)16-11-17(21)19(2)15-6-4-3-5-14(15)16/h3-6,11-13H,7-10,18H2,1-2H3. The zero-order valence-corrected chi connectivity index (χ0v) is 12.7. The molecule has 2 heterocycles. The molecule has 0 radical (unpaired) electrons. The van der Waals surface area contributed by atoms with E-state index in [1.54, 1.807) is 10.6 Å². The maximum Gasteiger partial charge on any atom is 0.252 e. The smallest absolute Gasteiger partial charge is 0.252 e. The zero-order valence-electron chi connectivity index (χ0n) is 12.7. The Morgan fingerprint density at radius 2 is 1.90 bits per heavy atom. The molecule has 21 heavy (non-hydrogen) atoms. The second-order valence-electron chi connectivity index (χ2n) is 6.13. The summed E-state index contributed by atoms with van der Waals surface area (Å²) in [5, 5.41) is 1.15. The molecule has 1 atom stereocenters. The summed E-state index contributed by atoms with van der Waals surface area (Å²) in [4.78, 5) is 14.5. The topological polar surface area (TPSA) is 51.3 Å². The van der Waals surface area contributed by atoms with Crippen molar-refractivity contribution in [3.8, 4) is 0 Å². The zero-order chi connectivity index (χ0) is 15.0. The van der Waals surface area contributed by atoms with Crippen molar-refractivity contribution in [3.63, 3.8) is 0 Å². The summed E-state index contributed by atoms with van der Waals surface area (Å²) in [6, 6.07) is 10.1. The lowest BCUT2D eigenvalue weighted by atomic mass is 9.90. The van der Waals surface area contributed by atoms with E-state index in [1.165, 1.54) is 0 Å². The molecule has 112 valence electrons. The van der Waals surface area contributed by atoms with Crippen LogP contribution in [0, 0.1) is 5.92 Å². The summed E-state index contributed by atoms with van der Waals surface area (Å²) in [5.41, 5.74) is 8.13. The third-order valence-corrected chi connectivity index (χ3v) is 4.76. The van der Waals surface area contributed by atoms with Crippen LogP contribution in [-0.2, 0) is 7.05 Å². The first-order chi connectivity index (χ1) is 10.1. The molecule has 0 spiro atoms. The molecule has 1 aromatic heterocycles. The predicted octanol–water partition coefficient (Wildman–Crippen LogP) is 2.10. The van der Waals surface area contributed by atoms with Gasteiger partial charge in [0.15, 0.2) is 0 Å². The van der Waals surface area contributed by atoms with E-state index in [-0.39, 0.29) is 11.6 Å². The number of pyridine rings is 1. The van der Waals surface area contributed by atoms with Crippen LogP contribution in [0.2, 0.25) is 0 Å². The average Bonchev–Trinajstić information content (AvgIpc) is 2.51. The first kappa shape index (κ1) is 14.1. The Balaban J connectivity index is 1.98. The van der Waals surface area contributed by atoms with Gasteiger partial charge in [-0.1, -0.05) is 18.2 Å². The monoisotopic (exact) mass is 285 g/mol. The lowest BCUT2D eigenvalue weighted by Crippen LogP contribution is -2.40. The molecule has 4 nitrogen and oxygen atoms in total. The highest BCUT2D eigenvalue weighted by Gasteiger charge is 2.23. The highest BCUT2D eigenvalue weighted by Crippen LogP contribution is 2.29. The number of hydrogen-bond donors (Lipinski definition) is 1. The number of aryl methyl sites for hydroxylation is 1. The van der Waals surface area contributed by atoms with E-state index in [0.29, 0.717) is 5.92 Å². The number of fused-ring (bicyclic) bond motifs is 1. The average molecular weight is 285 g/mol. The second kappa shape index (κ2) is 5.53.